The molecule has 0 aromatic heterocycles. The SMILES string of the molecule is CCNc1cccc(NC2CCCCC2SC)c1[N+](=O)[O-]. The number of rotatable bonds is 6. The van der Waals surface area contributed by atoms with Gasteiger partial charge in [-0.2, -0.15) is 11.8 Å². The first-order chi connectivity index (χ1) is 10.2. The summed E-state index contributed by atoms with van der Waals surface area (Å²) in [5, 5.41) is 18.5. The summed E-state index contributed by atoms with van der Waals surface area (Å²) in [5.74, 6) is 0. The zero-order chi connectivity index (χ0) is 15.2. The average molecular weight is 309 g/mol. The maximum Gasteiger partial charge on any atom is 0.315 e. The Bertz CT molecular complexity index is 496. The van der Waals surface area contributed by atoms with Crippen LogP contribution in [0.4, 0.5) is 17.1 Å². The van der Waals surface area contributed by atoms with Gasteiger partial charge in [-0.1, -0.05) is 18.9 Å². The smallest absolute Gasteiger partial charge is 0.315 e. The van der Waals surface area contributed by atoms with Crippen LogP contribution in [0.25, 0.3) is 0 Å². The first-order valence-corrected chi connectivity index (χ1v) is 8.76. The molecule has 0 saturated heterocycles. The highest BCUT2D eigenvalue weighted by Gasteiger charge is 2.27. The summed E-state index contributed by atoms with van der Waals surface area (Å²) in [5.41, 5.74) is 1.37. The molecule has 1 aromatic carbocycles. The van der Waals surface area contributed by atoms with Crippen molar-refractivity contribution in [3.05, 3.63) is 28.3 Å². The summed E-state index contributed by atoms with van der Waals surface area (Å²) in [6.07, 6.45) is 6.82. The molecular formula is C15H23N3O2S. The molecule has 0 amide bonds. The number of para-hydroxylation sites is 1. The fourth-order valence-corrected chi connectivity index (χ4v) is 3.87. The Morgan fingerprint density at radius 2 is 2.05 bits per heavy atom. The van der Waals surface area contributed by atoms with E-state index in [4.69, 9.17) is 0 Å². The average Bonchev–Trinajstić information content (AvgIpc) is 2.48. The third kappa shape index (κ3) is 3.81. The maximum atomic E-state index is 11.4. The number of hydrogen-bond acceptors (Lipinski definition) is 5. The van der Waals surface area contributed by atoms with Crippen molar-refractivity contribution in [1.29, 1.82) is 0 Å². The number of nitrogens with one attached hydrogen (secondary N) is 2. The van der Waals surface area contributed by atoms with Gasteiger partial charge < -0.3 is 10.6 Å². The normalized spacial score (nSPS) is 21.8. The van der Waals surface area contributed by atoms with Crippen LogP contribution in [-0.2, 0) is 0 Å². The van der Waals surface area contributed by atoms with E-state index in [-0.39, 0.29) is 10.6 Å². The molecule has 21 heavy (non-hydrogen) atoms. The van der Waals surface area contributed by atoms with Crippen LogP contribution in [0.3, 0.4) is 0 Å². The van der Waals surface area contributed by atoms with Crippen LogP contribution < -0.4 is 10.6 Å². The number of thioether (sulfide) groups is 1. The molecule has 0 heterocycles. The van der Waals surface area contributed by atoms with Crippen LogP contribution in [0, 0.1) is 10.1 Å². The monoisotopic (exact) mass is 309 g/mol. The van der Waals surface area contributed by atoms with Crippen LogP contribution in [0.1, 0.15) is 32.6 Å². The largest absolute Gasteiger partial charge is 0.380 e. The van der Waals surface area contributed by atoms with Gasteiger partial charge in [0.1, 0.15) is 11.4 Å². The lowest BCUT2D eigenvalue weighted by molar-refractivity contribution is -0.383. The fourth-order valence-electron chi connectivity index (χ4n) is 2.93. The van der Waals surface area contributed by atoms with Crippen LogP contribution in [0.5, 0.6) is 0 Å². The second-order valence-electron chi connectivity index (χ2n) is 5.30. The molecule has 116 valence electrons. The van der Waals surface area contributed by atoms with Crippen molar-refractivity contribution in [3.8, 4) is 0 Å². The lowest BCUT2D eigenvalue weighted by Gasteiger charge is -2.31. The molecule has 5 nitrogen and oxygen atoms in total. The fraction of sp³-hybridized carbons (Fsp3) is 0.600. The van der Waals surface area contributed by atoms with Crippen molar-refractivity contribution in [2.75, 3.05) is 23.4 Å². The zero-order valence-electron chi connectivity index (χ0n) is 12.6. The Balaban J connectivity index is 2.26. The lowest BCUT2D eigenvalue weighted by Crippen LogP contribution is -2.34. The van der Waals surface area contributed by atoms with Crippen molar-refractivity contribution in [3.63, 3.8) is 0 Å². The molecule has 1 saturated carbocycles. The molecule has 1 fully saturated rings. The highest BCUT2D eigenvalue weighted by atomic mass is 32.2. The predicted molar refractivity (Wildman–Crippen MR) is 90.4 cm³/mol. The molecule has 0 aliphatic heterocycles. The van der Waals surface area contributed by atoms with Gasteiger partial charge in [-0.05, 0) is 38.2 Å². The summed E-state index contributed by atoms with van der Waals surface area (Å²) in [4.78, 5) is 11.1. The van der Waals surface area contributed by atoms with Crippen molar-refractivity contribution in [2.24, 2.45) is 0 Å². The van der Waals surface area contributed by atoms with Gasteiger partial charge in [0, 0.05) is 17.8 Å². The number of nitrogens with zero attached hydrogens (tertiary/aromatic N) is 1. The van der Waals surface area contributed by atoms with E-state index in [1.54, 1.807) is 6.07 Å². The van der Waals surface area contributed by atoms with Gasteiger partial charge in [0.15, 0.2) is 0 Å². The first-order valence-electron chi connectivity index (χ1n) is 7.48. The van der Waals surface area contributed by atoms with Crippen LogP contribution in [0.2, 0.25) is 0 Å². The molecule has 0 spiro atoms. The molecule has 0 radical (unpaired) electrons. The van der Waals surface area contributed by atoms with Gasteiger partial charge in [0.05, 0.1) is 4.92 Å². The van der Waals surface area contributed by atoms with E-state index >= 15 is 0 Å². The van der Waals surface area contributed by atoms with Gasteiger partial charge >= 0.3 is 5.69 Å². The van der Waals surface area contributed by atoms with E-state index in [9.17, 15) is 10.1 Å². The Morgan fingerprint density at radius 1 is 1.33 bits per heavy atom. The minimum Gasteiger partial charge on any atom is -0.380 e. The van der Waals surface area contributed by atoms with E-state index in [1.165, 1.54) is 19.3 Å². The minimum absolute atomic E-state index is 0.157. The second kappa shape index (κ2) is 7.54. The highest BCUT2D eigenvalue weighted by Crippen LogP contribution is 2.36. The number of benzene rings is 1. The van der Waals surface area contributed by atoms with Gasteiger partial charge in [-0.3, -0.25) is 10.1 Å². The predicted octanol–water partition coefficient (Wildman–Crippen LogP) is 4.11. The summed E-state index contributed by atoms with van der Waals surface area (Å²) in [7, 11) is 0. The van der Waals surface area contributed by atoms with Crippen molar-refractivity contribution in [1.82, 2.24) is 0 Å². The first kappa shape index (κ1) is 15.9. The quantitative estimate of drug-likeness (QED) is 0.611. The summed E-state index contributed by atoms with van der Waals surface area (Å²) in [6.45, 7) is 2.61. The van der Waals surface area contributed by atoms with Crippen LogP contribution >= 0.6 is 11.8 Å². The Hall–Kier alpha value is -1.43. The second-order valence-corrected chi connectivity index (χ2v) is 6.38. The number of hydrogen-bond donors (Lipinski definition) is 2. The van der Waals surface area contributed by atoms with E-state index < -0.39 is 0 Å². The molecule has 6 heteroatoms. The zero-order valence-corrected chi connectivity index (χ0v) is 13.4. The molecule has 0 bridgehead atoms. The summed E-state index contributed by atoms with van der Waals surface area (Å²) >= 11 is 1.85. The third-order valence-corrected chi connectivity index (χ3v) is 5.10. The van der Waals surface area contributed by atoms with Crippen LogP contribution in [0.15, 0.2) is 18.2 Å². The molecule has 1 aromatic rings. The van der Waals surface area contributed by atoms with E-state index in [1.807, 2.05) is 30.8 Å². The molecule has 2 N–H and O–H groups in total. The highest BCUT2D eigenvalue weighted by molar-refractivity contribution is 7.99. The van der Waals surface area contributed by atoms with Crippen molar-refractivity contribution < 1.29 is 4.92 Å². The molecule has 2 unspecified atom stereocenters. The Morgan fingerprint density at radius 3 is 2.71 bits per heavy atom. The maximum absolute atomic E-state index is 11.4. The molecule has 2 atom stereocenters. The minimum atomic E-state index is -0.294. The van der Waals surface area contributed by atoms with Gasteiger partial charge in [0.2, 0.25) is 0 Å². The van der Waals surface area contributed by atoms with Crippen molar-refractivity contribution in [2.45, 2.75) is 43.9 Å². The molecule has 2 rings (SSSR count). The van der Waals surface area contributed by atoms with Gasteiger partial charge in [0.25, 0.3) is 0 Å². The number of nitro groups is 1. The number of nitro benzene ring substituents is 1. The molecule has 1 aliphatic rings. The summed E-state index contributed by atoms with van der Waals surface area (Å²) in [6, 6.07) is 5.75. The lowest BCUT2D eigenvalue weighted by atomic mass is 9.94. The van der Waals surface area contributed by atoms with Gasteiger partial charge in [-0.15, -0.1) is 0 Å². The van der Waals surface area contributed by atoms with Crippen molar-refractivity contribution >= 4 is 28.8 Å². The van der Waals surface area contributed by atoms with E-state index in [2.05, 4.69) is 16.9 Å². The van der Waals surface area contributed by atoms with E-state index in [0.29, 0.717) is 29.2 Å². The topological polar surface area (TPSA) is 67.2 Å². The summed E-state index contributed by atoms with van der Waals surface area (Å²) < 4.78 is 0. The van der Waals surface area contributed by atoms with E-state index in [0.717, 1.165) is 6.42 Å². The number of anilines is 2. The molecular weight excluding hydrogens is 286 g/mol. The van der Waals surface area contributed by atoms with Crippen LogP contribution in [-0.4, -0.2) is 29.0 Å². The Kier molecular flexibility index (Phi) is 5.73. The van der Waals surface area contributed by atoms with Gasteiger partial charge in [-0.25, -0.2) is 0 Å². The third-order valence-electron chi connectivity index (χ3n) is 3.93. The Labute approximate surface area is 130 Å². The molecule has 1 aliphatic carbocycles. The standard InChI is InChI=1S/C15H23N3O2S/c1-3-16-12-8-6-9-13(15(12)18(19)20)17-11-7-4-5-10-14(11)21-2/h6,8-9,11,14,16-17H,3-5,7,10H2,1-2H3.